The van der Waals surface area contributed by atoms with E-state index in [4.69, 9.17) is 17.3 Å². The Bertz CT molecular complexity index is 339. The summed E-state index contributed by atoms with van der Waals surface area (Å²) in [5, 5.41) is 0.807. The zero-order chi connectivity index (χ0) is 12.1. The molecule has 0 fully saturated rings. The van der Waals surface area contributed by atoms with Crippen LogP contribution in [0.2, 0.25) is 5.02 Å². The van der Waals surface area contributed by atoms with Gasteiger partial charge in [0.25, 0.3) is 0 Å². The molecule has 0 aromatic heterocycles. The Hall–Kier alpha value is -0.180. The molecule has 16 heavy (non-hydrogen) atoms. The Labute approximate surface area is 108 Å². The van der Waals surface area contributed by atoms with E-state index in [-0.39, 0.29) is 6.04 Å². The van der Waals surface area contributed by atoms with Gasteiger partial charge in [0.05, 0.1) is 0 Å². The highest BCUT2D eigenvalue weighted by Gasteiger charge is 2.08. The molecular weight excluding hydrogens is 238 g/mol. The Morgan fingerprint density at radius 2 is 2.00 bits per heavy atom. The molecule has 1 rings (SSSR count). The van der Waals surface area contributed by atoms with Crippen molar-refractivity contribution in [2.45, 2.75) is 26.8 Å². The maximum atomic E-state index is 6.12. The van der Waals surface area contributed by atoms with Crippen molar-refractivity contribution in [2.24, 2.45) is 11.7 Å². The van der Waals surface area contributed by atoms with Gasteiger partial charge in [-0.25, -0.2) is 0 Å². The smallest absolute Gasteiger partial charge is 0.0438 e. The fourth-order valence-electron chi connectivity index (χ4n) is 1.37. The predicted molar refractivity (Wildman–Crippen MR) is 75.3 cm³/mol. The molecule has 0 heterocycles. The molecule has 1 nitrogen and oxygen atoms in total. The minimum atomic E-state index is 0.0850. The molecule has 0 spiro atoms. The van der Waals surface area contributed by atoms with E-state index in [9.17, 15) is 0 Å². The van der Waals surface area contributed by atoms with E-state index in [0.29, 0.717) is 0 Å². The Kier molecular flexibility index (Phi) is 5.67. The molecule has 1 aromatic carbocycles. The summed E-state index contributed by atoms with van der Waals surface area (Å²) in [4.78, 5) is 0. The van der Waals surface area contributed by atoms with Gasteiger partial charge in [-0.3, -0.25) is 0 Å². The van der Waals surface area contributed by atoms with Crippen LogP contribution in [0.1, 0.15) is 31.0 Å². The van der Waals surface area contributed by atoms with Gasteiger partial charge >= 0.3 is 0 Å². The Balaban J connectivity index is 2.52. The van der Waals surface area contributed by atoms with E-state index in [1.807, 2.05) is 30.8 Å². The Morgan fingerprint density at radius 1 is 1.31 bits per heavy atom. The zero-order valence-electron chi connectivity index (χ0n) is 10.2. The molecular formula is C13H20ClNS. The van der Waals surface area contributed by atoms with E-state index in [1.54, 1.807) is 0 Å². The highest BCUT2D eigenvalue weighted by atomic mass is 35.5. The quantitative estimate of drug-likeness (QED) is 0.862. The number of thioether (sulfide) groups is 1. The number of halogens is 1. The number of hydrogen-bond acceptors (Lipinski definition) is 2. The summed E-state index contributed by atoms with van der Waals surface area (Å²) in [6.07, 6.45) is 0. The molecule has 0 aliphatic rings. The van der Waals surface area contributed by atoms with E-state index >= 15 is 0 Å². The van der Waals surface area contributed by atoms with Crippen molar-refractivity contribution in [1.29, 1.82) is 0 Å². The van der Waals surface area contributed by atoms with Gasteiger partial charge < -0.3 is 5.73 Å². The molecule has 1 unspecified atom stereocenters. The van der Waals surface area contributed by atoms with Gasteiger partial charge in [0.15, 0.2) is 0 Å². The van der Waals surface area contributed by atoms with Gasteiger partial charge in [-0.15, -0.1) is 0 Å². The van der Waals surface area contributed by atoms with Crippen molar-refractivity contribution in [2.75, 3.05) is 11.5 Å². The summed E-state index contributed by atoms with van der Waals surface area (Å²) >= 11 is 7.99. The second-order valence-corrected chi connectivity index (χ2v) is 6.03. The molecule has 1 atom stereocenters. The van der Waals surface area contributed by atoms with Crippen molar-refractivity contribution >= 4 is 23.4 Å². The van der Waals surface area contributed by atoms with Gasteiger partial charge in [-0.05, 0) is 35.8 Å². The lowest BCUT2D eigenvalue weighted by Gasteiger charge is -2.13. The largest absolute Gasteiger partial charge is 0.323 e. The van der Waals surface area contributed by atoms with Crippen molar-refractivity contribution in [1.82, 2.24) is 0 Å². The van der Waals surface area contributed by atoms with Crippen LogP contribution in [0.4, 0.5) is 0 Å². The lowest BCUT2D eigenvalue weighted by Crippen LogP contribution is -2.13. The van der Waals surface area contributed by atoms with E-state index in [2.05, 4.69) is 19.9 Å². The summed E-state index contributed by atoms with van der Waals surface area (Å²) < 4.78 is 0. The molecule has 0 saturated heterocycles. The second kappa shape index (κ2) is 6.53. The molecule has 90 valence electrons. The molecule has 1 aromatic rings. The molecule has 0 radical (unpaired) electrons. The third-order valence-corrected chi connectivity index (χ3v) is 4.28. The van der Waals surface area contributed by atoms with Gasteiger partial charge in [-0.2, -0.15) is 11.8 Å². The Morgan fingerprint density at radius 3 is 2.56 bits per heavy atom. The maximum Gasteiger partial charge on any atom is 0.0438 e. The van der Waals surface area contributed by atoms with E-state index in [1.165, 1.54) is 0 Å². The first-order valence-electron chi connectivity index (χ1n) is 5.60. The fraction of sp³-hybridized carbons (Fsp3) is 0.538. The van der Waals surface area contributed by atoms with Crippen LogP contribution >= 0.6 is 23.4 Å². The monoisotopic (exact) mass is 257 g/mol. The maximum absolute atomic E-state index is 6.12. The van der Waals surface area contributed by atoms with Crippen LogP contribution in [0.25, 0.3) is 0 Å². The fourth-order valence-corrected chi connectivity index (χ4v) is 2.61. The number of rotatable bonds is 5. The molecule has 2 N–H and O–H groups in total. The van der Waals surface area contributed by atoms with E-state index < -0.39 is 0 Å². The minimum Gasteiger partial charge on any atom is -0.323 e. The third-order valence-electron chi connectivity index (χ3n) is 2.37. The number of nitrogens with two attached hydrogens (primary N) is 1. The van der Waals surface area contributed by atoms with Crippen LogP contribution in [-0.4, -0.2) is 11.5 Å². The zero-order valence-corrected chi connectivity index (χ0v) is 11.7. The van der Waals surface area contributed by atoms with Gasteiger partial charge in [-0.1, -0.05) is 37.6 Å². The summed E-state index contributed by atoms with van der Waals surface area (Å²) in [6, 6.07) is 6.17. The predicted octanol–water partition coefficient (Wildman–Crippen LogP) is 4.04. The van der Waals surface area contributed by atoms with Crippen LogP contribution < -0.4 is 5.73 Å². The minimum absolute atomic E-state index is 0.0850. The van der Waals surface area contributed by atoms with E-state index in [0.717, 1.165) is 33.6 Å². The lowest BCUT2D eigenvalue weighted by atomic mass is 10.1. The van der Waals surface area contributed by atoms with Crippen LogP contribution in [0.5, 0.6) is 0 Å². The first-order chi connectivity index (χ1) is 7.50. The highest BCUT2D eigenvalue weighted by Crippen LogP contribution is 2.23. The number of hydrogen-bond donors (Lipinski definition) is 1. The SMILES string of the molecule is Cc1ccc(C(N)CSCC(C)C)cc1Cl. The van der Waals surface area contributed by atoms with Gasteiger partial charge in [0, 0.05) is 16.8 Å². The lowest BCUT2D eigenvalue weighted by molar-refractivity contribution is 0.746. The van der Waals surface area contributed by atoms with Crippen molar-refractivity contribution in [3.8, 4) is 0 Å². The number of aryl methyl sites for hydroxylation is 1. The molecule has 0 bridgehead atoms. The topological polar surface area (TPSA) is 26.0 Å². The number of benzene rings is 1. The summed E-state index contributed by atoms with van der Waals surface area (Å²) in [6.45, 7) is 6.45. The van der Waals surface area contributed by atoms with Gasteiger partial charge in [0.2, 0.25) is 0 Å². The van der Waals surface area contributed by atoms with Crippen LogP contribution in [0.15, 0.2) is 18.2 Å². The molecule has 0 aliphatic heterocycles. The average molecular weight is 258 g/mol. The summed E-state index contributed by atoms with van der Waals surface area (Å²) in [7, 11) is 0. The summed E-state index contributed by atoms with van der Waals surface area (Å²) in [5.74, 6) is 2.84. The third kappa shape index (κ3) is 4.36. The normalized spacial score (nSPS) is 13.1. The summed E-state index contributed by atoms with van der Waals surface area (Å²) in [5.41, 5.74) is 8.36. The van der Waals surface area contributed by atoms with Crippen LogP contribution in [-0.2, 0) is 0 Å². The molecule has 0 saturated carbocycles. The standard InChI is InChI=1S/C13H20ClNS/c1-9(2)7-16-8-13(15)11-5-4-10(3)12(14)6-11/h4-6,9,13H,7-8,15H2,1-3H3. The molecule has 0 aliphatic carbocycles. The highest BCUT2D eigenvalue weighted by molar-refractivity contribution is 7.99. The van der Waals surface area contributed by atoms with Crippen molar-refractivity contribution in [3.63, 3.8) is 0 Å². The van der Waals surface area contributed by atoms with Crippen LogP contribution in [0, 0.1) is 12.8 Å². The first-order valence-corrected chi connectivity index (χ1v) is 7.13. The first kappa shape index (κ1) is 13.9. The van der Waals surface area contributed by atoms with Gasteiger partial charge in [0.1, 0.15) is 0 Å². The second-order valence-electron chi connectivity index (χ2n) is 4.55. The molecule has 0 amide bonds. The van der Waals surface area contributed by atoms with Crippen LogP contribution in [0.3, 0.4) is 0 Å². The van der Waals surface area contributed by atoms with Crippen molar-refractivity contribution in [3.05, 3.63) is 34.3 Å². The molecule has 3 heteroatoms. The average Bonchev–Trinajstić information content (AvgIpc) is 2.21. The van der Waals surface area contributed by atoms with Crippen molar-refractivity contribution < 1.29 is 0 Å².